The molecule has 1 aromatic carbocycles. The highest BCUT2D eigenvalue weighted by molar-refractivity contribution is 5.85. The summed E-state index contributed by atoms with van der Waals surface area (Å²) in [6.07, 6.45) is -8.34. The molecule has 0 fully saturated rings. The number of carbonyl (C=O) groups is 1. The van der Waals surface area contributed by atoms with Crippen molar-refractivity contribution >= 4 is 11.6 Å². The van der Waals surface area contributed by atoms with E-state index in [-0.39, 0.29) is 6.54 Å². The van der Waals surface area contributed by atoms with E-state index in [1.165, 1.54) is 26.1 Å². The summed E-state index contributed by atoms with van der Waals surface area (Å²) < 4.78 is 78.3. The molecule has 0 saturated carbocycles. The minimum Gasteiger partial charge on any atom is -0.351 e. The summed E-state index contributed by atoms with van der Waals surface area (Å²) in [7, 11) is 1.34. The number of anilines is 1. The number of nitrogens with zero attached hydrogens (tertiary/aromatic N) is 3. The fourth-order valence-corrected chi connectivity index (χ4v) is 2.42. The minimum absolute atomic E-state index is 0.0597. The van der Waals surface area contributed by atoms with Gasteiger partial charge in [-0.05, 0) is 25.1 Å². The Morgan fingerprint density at radius 3 is 2.33 bits per heavy atom. The fourth-order valence-electron chi connectivity index (χ4n) is 2.42. The van der Waals surface area contributed by atoms with Crippen molar-refractivity contribution in [2.24, 2.45) is 0 Å². The average molecular weight is 393 g/mol. The van der Waals surface area contributed by atoms with Gasteiger partial charge in [0.2, 0.25) is 5.91 Å². The zero-order valence-corrected chi connectivity index (χ0v) is 14.5. The van der Waals surface area contributed by atoms with Crippen LogP contribution in [-0.2, 0) is 11.0 Å². The number of amides is 1. The number of hydrogen-bond donors (Lipinski definition) is 0. The van der Waals surface area contributed by atoms with Crippen LogP contribution in [0, 0.1) is 11.3 Å². The van der Waals surface area contributed by atoms with Gasteiger partial charge in [0, 0.05) is 19.3 Å². The molecule has 0 aliphatic carbocycles. The first-order valence-electron chi connectivity index (χ1n) is 7.62. The van der Waals surface area contributed by atoms with Gasteiger partial charge in [-0.3, -0.25) is 4.79 Å². The number of alkyl halides is 6. The number of nitriles is 1. The zero-order valence-electron chi connectivity index (χ0n) is 14.5. The van der Waals surface area contributed by atoms with E-state index in [1.54, 1.807) is 0 Å². The molecule has 10 heteroatoms. The quantitative estimate of drug-likeness (QED) is 0.543. The number of halogens is 6. The normalized spacial score (nSPS) is 12.9. The first-order valence-corrected chi connectivity index (χ1v) is 7.62. The molecule has 1 rings (SSSR count). The third-order valence-corrected chi connectivity index (χ3v) is 3.71. The van der Waals surface area contributed by atoms with Crippen LogP contribution in [0.4, 0.5) is 32.0 Å². The Balaban J connectivity index is 3.43. The van der Waals surface area contributed by atoms with Crippen LogP contribution < -0.4 is 4.90 Å². The van der Waals surface area contributed by atoms with E-state index in [1.807, 2.05) is 0 Å². The minimum atomic E-state index is -4.93. The fraction of sp³-hybridized carbons (Fsp3) is 0.412. The van der Waals surface area contributed by atoms with Crippen LogP contribution in [0.2, 0.25) is 0 Å². The Hall–Kier alpha value is -2.70. The molecule has 4 nitrogen and oxygen atoms in total. The van der Waals surface area contributed by atoms with Crippen molar-refractivity contribution < 1.29 is 31.1 Å². The molecule has 0 spiro atoms. The Kier molecular flexibility index (Phi) is 6.89. The average Bonchev–Trinajstić information content (AvgIpc) is 2.56. The van der Waals surface area contributed by atoms with Crippen molar-refractivity contribution in [3.05, 3.63) is 42.0 Å². The summed E-state index contributed by atoms with van der Waals surface area (Å²) >= 11 is 0. The summed E-state index contributed by atoms with van der Waals surface area (Å²) in [6, 6.07) is 2.14. The molecule has 0 aliphatic heterocycles. The van der Waals surface area contributed by atoms with Crippen LogP contribution in [0.3, 0.4) is 0 Å². The smallest absolute Gasteiger partial charge is 0.351 e. The molecular weight excluding hydrogens is 376 g/mol. The van der Waals surface area contributed by atoms with Crippen LogP contribution in [0.5, 0.6) is 0 Å². The molecule has 1 aromatic rings. The van der Waals surface area contributed by atoms with Crippen LogP contribution in [0.15, 0.2) is 30.9 Å². The maximum atomic E-state index is 13.1. The molecule has 0 saturated heterocycles. The highest BCUT2D eigenvalue weighted by Gasteiger charge is 2.38. The highest BCUT2D eigenvalue weighted by Crippen LogP contribution is 2.35. The number of hydrogen-bond acceptors (Lipinski definition) is 3. The molecule has 0 N–H and O–H groups in total. The van der Waals surface area contributed by atoms with Crippen molar-refractivity contribution in [3.8, 4) is 6.07 Å². The van der Waals surface area contributed by atoms with Gasteiger partial charge in [0.05, 0.1) is 17.2 Å². The second-order valence-electron chi connectivity index (χ2n) is 5.77. The summed E-state index contributed by atoms with van der Waals surface area (Å²) in [4.78, 5) is 14.0. The third kappa shape index (κ3) is 5.91. The van der Waals surface area contributed by atoms with Gasteiger partial charge in [-0.25, -0.2) is 0 Å². The Bertz CT molecular complexity index is 736. The van der Waals surface area contributed by atoms with E-state index in [0.29, 0.717) is 11.0 Å². The van der Waals surface area contributed by atoms with E-state index in [9.17, 15) is 31.1 Å². The zero-order chi connectivity index (χ0) is 21.0. The lowest BCUT2D eigenvalue weighted by atomic mass is 10.1. The van der Waals surface area contributed by atoms with E-state index in [0.717, 1.165) is 17.0 Å². The third-order valence-electron chi connectivity index (χ3n) is 3.71. The van der Waals surface area contributed by atoms with E-state index >= 15 is 0 Å². The molecule has 148 valence electrons. The molecule has 1 unspecified atom stereocenters. The van der Waals surface area contributed by atoms with Gasteiger partial charge in [0.15, 0.2) is 0 Å². The van der Waals surface area contributed by atoms with Crippen LogP contribution in [0.1, 0.15) is 18.1 Å². The van der Waals surface area contributed by atoms with Crippen LogP contribution >= 0.6 is 0 Å². The van der Waals surface area contributed by atoms with E-state index < -0.39 is 47.7 Å². The van der Waals surface area contributed by atoms with Gasteiger partial charge < -0.3 is 9.80 Å². The van der Waals surface area contributed by atoms with Crippen molar-refractivity contribution in [2.75, 3.05) is 25.0 Å². The molecule has 0 aliphatic rings. The van der Waals surface area contributed by atoms with Crippen molar-refractivity contribution in [2.45, 2.75) is 25.3 Å². The molecular formula is C17H17F6N3O. The van der Waals surface area contributed by atoms with Crippen LogP contribution in [-0.4, -0.2) is 43.2 Å². The number of rotatable bonds is 6. The molecule has 0 radical (unpaired) electrons. The van der Waals surface area contributed by atoms with Crippen LogP contribution in [0.25, 0.3) is 0 Å². The topological polar surface area (TPSA) is 47.3 Å². The molecule has 1 atom stereocenters. The van der Waals surface area contributed by atoms with E-state index in [4.69, 9.17) is 5.26 Å². The SMILES string of the molecule is C=CCN(C)C(=O)C(C)N(CC(F)(F)F)c1ccc(C#N)c(C(F)(F)F)c1. The lowest BCUT2D eigenvalue weighted by molar-refractivity contribution is -0.137. The molecule has 27 heavy (non-hydrogen) atoms. The summed E-state index contributed by atoms with van der Waals surface area (Å²) in [5.74, 6) is -0.725. The lowest BCUT2D eigenvalue weighted by Gasteiger charge is -2.33. The molecule has 0 heterocycles. The number of benzene rings is 1. The summed E-state index contributed by atoms with van der Waals surface area (Å²) in [6.45, 7) is 3.01. The first-order chi connectivity index (χ1) is 12.3. The molecule has 0 aromatic heterocycles. The maximum absolute atomic E-state index is 13.1. The highest BCUT2D eigenvalue weighted by atomic mass is 19.4. The van der Waals surface area contributed by atoms with Gasteiger partial charge in [0.25, 0.3) is 0 Å². The van der Waals surface area contributed by atoms with Gasteiger partial charge >= 0.3 is 12.4 Å². The number of likely N-dealkylation sites (N-methyl/N-ethyl adjacent to an activating group) is 1. The monoisotopic (exact) mass is 393 g/mol. The predicted molar refractivity (Wildman–Crippen MR) is 86.9 cm³/mol. The number of carbonyl (C=O) groups excluding carboxylic acids is 1. The van der Waals surface area contributed by atoms with Crippen molar-refractivity contribution in [1.82, 2.24) is 4.90 Å². The predicted octanol–water partition coefficient (Wildman–Crippen LogP) is 3.98. The maximum Gasteiger partial charge on any atom is 0.417 e. The first kappa shape index (κ1) is 22.3. The molecule has 1 amide bonds. The Labute approximate surface area is 152 Å². The van der Waals surface area contributed by atoms with Gasteiger partial charge in [-0.2, -0.15) is 31.6 Å². The largest absolute Gasteiger partial charge is 0.417 e. The summed E-state index contributed by atoms with van der Waals surface area (Å²) in [5.41, 5.74) is -2.55. The van der Waals surface area contributed by atoms with E-state index in [2.05, 4.69) is 6.58 Å². The van der Waals surface area contributed by atoms with Crippen molar-refractivity contribution in [3.63, 3.8) is 0 Å². The standard InChI is InChI=1S/C17H17F6N3O/c1-4-7-25(3)15(27)11(2)26(10-16(18,19)20)13-6-5-12(9-24)14(8-13)17(21,22)23/h4-6,8,11H,1,7,10H2,2-3H3. The molecule has 0 bridgehead atoms. The lowest BCUT2D eigenvalue weighted by Crippen LogP contribution is -2.49. The van der Waals surface area contributed by atoms with Gasteiger partial charge in [-0.1, -0.05) is 6.08 Å². The Morgan fingerprint density at radius 1 is 1.30 bits per heavy atom. The summed E-state index contributed by atoms with van der Waals surface area (Å²) in [5, 5.41) is 8.81. The second-order valence-corrected chi connectivity index (χ2v) is 5.77. The van der Waals surface area contributed by atoms with Gasteiger partial charge in [-0.15, -0.1) is 6.58 Å². The second kappa shape index (κ2) is 8.33. The Morgan fingerprint density at radius 2 is 1.89 bits per heavy atom. The van der Waals surface area contributed by atoms with Crippen molar-refractivity contribution in [1.29, 1.82) is 5.26 Å². The van der Waals surface area contributed by atoms with Gasteiger partial charge in [0.1, 0.15) is 12.6 Å².